The van der Waals surface area contributed by atoms with Crippen LogP contribution in [0.25, 0.3) is 0 Å². The summed E-state index contributed by atoms with van der Waals surface area (Å²) in [6.45, 7) is 8.27. The van der Waals surface area contributed by atoms with Crippen molar-refractivity contribution in [3.63, 3.8) is 0 Å². The molecule has 1 saturated carbocycles. The molecule has 0 bridgehead atoms. The van der Waals surface area contributed by atoms with Crippen LogP contribution in [0.2, 0.25) is 0 Å². The first-order valence-corrected chi connectivity index (χ1v) is 8.25. The number of rotatable bonds is 4. The summed E-state index contributed by atoms with van der Waals surface area (Å²) in [6, 6.07) is 1.78. The summed E-state index contributed by atoms with van der Waals surface area (Å²) in [5.41, 5.74) is 0.488. The maximum Gasteiger partial charge on any atom is 0.410 e. The molecular formula is C16H26N4O4. The Balaban J connectivity index is 2.11. The standard InChI is InChI=1S/C16H26N4O4/c1-5-17-15(23)24-11-7-6-10(8-11)12-9-13(18-14(21)22)20(19-12)16(2,3)4/h9-11,18H,5-8H2,1-4H3,(H,17,23)(H,21,22)/t10-,11+/m0/s1. The van der Waals surface area contributed by atoms with Crippen LogP contribution in [0, 0.1) is 0 Å². The molecule has 0 aromatic carbocycles. The zero-order valence-corrected chi connectivity index (χ0v) is 14.6. The van der Waals surface area contributed by atoms with Crippen LogP contribution in [0.3, 0.4) is 0 Å². The monoisotopic (exact) mass is 338 g/mol. The second-order valence-corrected chi connectivity index (χ2v) is 7.03. The fourth-order valence-corrected chi connectivity index (χ4v) is 2.96. The van der Waals surface area contributed by atoms with E-state index >= 15 is 0 Å². The van der Waals surface area contributed by atoms with Gasteiger partial charge in [0.15, 0.2) is 0 Å². The van der Waals surface area contributed by atoms with Crippen LogP contribution in [0.1, 0.15) is 58.6 Å². The van der Waals surface area contributed by atoms with E-state index in [-0.39, 0.29) is 17.6 Å². The van der Waals surface area contributed by atoms with Crippen molar-refractivity contribution in [3.05, 3.63) is 11.8 Å². The molecule has 24 heavy (non-hydrogen) atoms. The van der Waals surface area contributed by atoms with Gasteiger partial charge in [-0.05, 0) is 47.0 Å². The van der Waals surface area contributed by atoms with Crippen LogP contribution >= 0.6 is 0 Å². The summed E-state index contributed by atoms with van der Waals surface area (Å²) in [7, 11) is 0. The van der Waals surface area contributed by atoms with Crippen molar-refractivity contribution >= 4 is 18.0 Å². The Hall–Kier alpha value is -2.25. The van der Waals surface area contributed by atoms with Crippen molar-refractivity contribution < 1.29 is 19.4 Å². The first kappa shape index (κ1) is 18.1. The normalized spacial score (nSPS) is 20.7. The second kappa shape index (κ2) is 7.11. The summed E-state index contributed by atoms with van der Waals surface area (Å²) in [6.07, 6.45) is 0.707. The lowest BCUT2D eigenvalue weighted by Crippen LogP contribution is -2.27. The van der Waals surface area contributed by atoms with Crippen LogP contribution in [-0.2, 0) is 10.3 Å². The molecule has 0 spiro atoms. The molecule has 2 amide bonds. The molecule has 134 valence electrons. The van der Waals surface area contributed by atoms with E-state index in [1.54, 1.807) is 10.7 Å². The molecule has 1 aromatic heterocycles. The number of carbonyl (C=O) groups excluding carboxylic acids is 1. The Morgan fingerprint density at radius 1 is 1.42 bits per heavy atom. The average molecular weight is 338 g/mol. The van der Waals surface area contributed by atoms with Crippen molar-refractivity contribution in [3.8, 4) is 0 Å². The summed E-state index contributed by atoms with van der Waals surface area (Å²) < 4.78 is 7.07. The van der Waals surface area contributed by atoms with Crippen LogP contribution < -0.4 is 10.6 Å². The SMILES string of the molecule is CCNC(=O)O[C@@H]1CC[C@H](c2cc(NC(=O)O)n(C(C)(C)C)n2)C1. The quantitative estimate of drug-likeness (QED) is 0.782. The van der Waals surface area contributed by atoms with Gasteiger partial charge in [0.25, 0.3) is 0 Å². The van der Waals surface area contributed by atoms with E-state index in [0.717, 1.165) is 18.5 Å². The predicted octanol–water partition coefficient (Wildman–Crippen LogP) is 3.11. The van der Waals surface area contributed by atoms with E-state index in [2.05, 4.69) is 15.7 Å². The summed E-state index contributed by atoms with van der Waals surface area (Å²) in [4.78, 5) is 22.5. The van der Waals surface area contributed by atoms with Gasteiger partial charge in [0, 0.05) is 18.5 Å². The molecule has 1 fully saturated rings. The van der Waals surface area contributed by atoms with Gasteiger partial charge < -0.3 is 15.2 Å². The molecule has 8 nitrogen and oxygen atoms in total. The Labute approximate surface area is 141 Å². The van der Waals surface area contributed by atoms with Crippen molar-refractivity contribution in [2.75, 3.05) is 11.9 Å². The van der Waals surface area contributed by atoms with Gasteiger partial charge >= 0.3 is 12.2 Å². The maximum absolute atomic E-state index is 11.5. The van der Waals surface area contributed by atoms with Gasteiger partial charge in [-0.25, -0.2) is 14.3 Å². The number of alkyl carbamates (subject to hydrolysis) is 1. The van der Waals surface area contributed by atoms with Gasteiger partial charge in [0.1, 0.15) is 11.9 Å². The largest absolute Gasteiger partial charge is 0.465 e. The minimum absolute atomic E-state index is 0.128. The zero-order valence-electron chi connectivity index (χ0n) is 14.6. The smallest absolute Gasteiger partial charge is 0.410 e. The molecule has 1 aromatic rings. The lowest BCUT2D eigenvalue weighted by atomic mass is 10.0. The molecule has 2 rings (SSSR count). The zero-order chi connectivity index (χ0) is 17.9. The summed E-state index contributed by atoms with van der Waals surface area (Å²) in [5.74, 6) is 0.612. The molecule has 1 heterocycles. The van der Waals surface area contributed by atoms with Gasteiger partial charge in [0.05, 0.1) is 11.2 Å². The van der Waals surface area contributed by atoms with Crippen molar-refractivity contribution in [1.29, 1.82) is 0 Å². The fourth-order valence-electron chi connectivity index (χ4n) is 2.96. The Morgan fingerprint density at radius 3 is 2.71 bits per heavy atom. The van der Waals surface area contributed by atoms with Gasteiger partial charge in [-0.1, -0.05) is 0 Å². The lowest BCUT2D eigenvalue weighted by Gasteiger charge is -2.22. The van der Waals surface area contributed by atoms with Crippen LogP contribution in [-0.4, -0.2) is 39.7 Å². The highest BCUT2D eigenvalue weighted by molar-refractivity contribution is 5.81. The molecule has 0 saturated heterocycles. The number of anilines is 1. The van der Waals surface area contributed by atoms with E-state index in [4.69, 9.17) is 9.84 Å². The number of carbonyl (C=O) groups is 2. The number of hydrogen-bond acceptors (Lipinski definition) is 4. The van der Waals surface area contributed by atoms with Gasteiger partial charge in [-0.3, -0.25) is 5.32 Å². The van der Waals surface area contributed by atoms with Crippen molar-refractivity contribution in [2.45, 2.75) is 64.5 Å². The molecule has 8 heteroatoms. The molecule has 0 unspecified atom stereocenters. The van der Waals surface area contributed by atoms with E-state index in [1.807, 2.05) is 27.7 Å². The number of nitrogens with one attached hydrogen (secondary N) is 2. The molecule has 1 aliphatic carbocycles. The first-order chi connectivity index (χ1) is 11.2. The number of aromatic nitrogens is 2. The third kappa shape index (κ3) is 4.39. The number of ether oxygens (including phenoxy) is 1. The number of amides is 2. The maximum atomic E-state index is 11.5. The van der Waals surface area contributed by atoms with E-state index in [1.165, 1.54) is 0 Å². The average Bonchev–Trinajstić information content (AvgIpc) is 3.04. The molecule has 2 atom stereocenters. The Kier molecular flexibility index (Phi) is 5.36. The highest BCUT2D eigenvalue weighted by Gasteiger charge is 2.32. The Morgan fingerprint density at radius 2 is 2.12 bits per heavy atom. The van der Waals surface area contributed by atoms with Crippen LogP contribution in [0.4, 0.5) is 15.4 Å². The van der Waals surface area contributed by atoms with Gasteiger partial charge in [-0.15, -0.1) is 0 Å². The fraction of sp³-hybridized carbons (Fsp3) is 0.688. The highest BCUT2D eigenvalue weighted by Crippen LogP contribution is 2.37. The first-order valence-electron chi connectivity index (χ1n) is 8.25. The summed E-state index contributed by atoms with van der Waals surface area (Å²) >= 11 is 0. The molecule has 1 aliphatic rings. The highest BCUT2D eigenvalue weighted by atomic mass is 16.6. The Bertz CT molecular complexity index is 606. The molecule has 0 radical (unpaired) electrons. The minimum atomic E-state index is -1.11. The number of hydrogen-bond donors (Lipinski definition) is 3. The predicted molar refractivity (Wildman–Crippen MR) is 89.4 cm³/mol. The van der Waals surface area contributed by atoms with E-state index < -0.39 is 12.2 Å². The van der Waals surface area contributed by atoms with Crippen LogP contribution in [0.5, 0.6) is 0 Å². The number of nitrogens with zero attached hydrogens (tertiary/aromatic N) is 2. The second-order valence-electron chi connectivity index (χ2n) is 7.03. The number of carboxylic acid groups (broad SMARTS) is 1. The topological polar surface area (TPSA) is 105 Å². The third-order valence-electron chi connectivity index (χ3n) is 4.00. The van der Waals surface area contributed by atoms with E-state index in [9.17, 15) is 9.59 Å². The molecule has 3 N–H and O–H groups in total. The lowest BCUT2D eigenvalue weighted by molar-refractivity contribution is 0.101. The summed E-state index contributed by atoms with van der Waals surface area (Å²) in [5, 5.41) is 18.6. The van der Waals surface area contributed by atoms with E-state index in [0.29, 0.717) is 18.8 Å². The van der Waals surface area contributed by atoms with Gasteiger partial charge in [0.2, 0.25) is 0 Å². The molecular weight excluding hydrogens is 312 g/mol. The van der Waals surface area contributed by atoms with Crippen molar-refractivity contribution in [2.24, 2.45) is 0 Å². The van der Waals surface area contributed by atoms with Crippen molar-refractivity contribution in [1.82, 2.24) is 15.1 Å². The molecule has 0 aliphatic heterocycles. The van der Waals surface area contributed by atoms with Gasteiger partial charge in [-0.2, -0.15) is 5.10 Å². The minimum Gasteiger partial charge on any atom is -0.465 e. The third-order valence-corrected chi connectivity index (χ3v) is 4.00. The van der Waals surface area contributed by atoms with Crippen LogP contribution in [0.15, 0.2) is 6.07 Å².